The zero-order chi connectivity index (χ0) is 20.0. The third-order valence-electron chi connectivity index (χ3n) is 3.65. The fourth-order valence-corrected chi connectivity index (χ4v) is 2.26. The van der Waals surface area contributed by atoms with Crippen LogP contribution >= 0.6 is 0 Å². The Morgan fingerprint density at radius 1 is 1.04 bits per heavy atom. The summed E-state index contributed by atoms with van der Waals surface area (Å²) in [5, 5.41) is 0. The van der Waals surface area contributed by atoms with Gasteiger partial charge in [0, 0.05) is 24.8 Å². The van der Waals surface area contributed by atoms with Gasteiger partial charge >= 0.3 is 5.97 Å². The van der Waals surface area contributed by atoms with Gasteiger partial charge in [-0.25, -0.2) is 4.79 Å². The normalized spacial score (nSPS) is 10.8. The third-order valence-corrected chi connectivity index (χ3v) is 3.65. The molecular formula is C22H26O6. The first-order valence-corrected chi connectivity index (χ1v) is 9.08. The number of carbonyl (C=O) groups is 1. The summed E-state index contributed by atoms with van der Waals surface area (Å²) >= 11 is 0. The van der Waals surface area contributed by atoms with Gasteiger partial charge in [0.05, 0.1) is 19.8 Å². The minimum absolute atomic E-state index is 0.111. The Labute approximate surface area is 165 Å². The van der Waals surface area contributed by atoms with E-state index in [4.69, 9.17) is 23.7 Å². The molecule has 2 aromatic rings. The number of hydrogen-bond acceptors (Lipinski definition) is 6. The molecule has 0 aromatic heterocycles. The number of methoxy groups -OCH3 is 1. The lowest BCUT2D eigenvalue weighted by atomic mass is 10.1. The van der Waals surface area contributed by atoms with E-state index in [0.717, 1.165) is 11.1 Å². The Kier molecular flexibility index (Phi) is 9.61. The third kappa shape index (κ3) is 7.82. The molecule has 0 fully saturated rings. The van der Waals surface area contributed by atoms with Gasteiger partial charge in [-0.15, -0.1) is 0 Å². The van der Waals surface area contributed by atoms with Crippen LogP contribution in [0.2, 0.25) is 0 Å². The number of ether oxygens (including phenoxy) is 5. The van der Waals surface area contributed by atoms with Gasteiger partial charge in [-0.1, -0.05) is 30.3 Å². The van der Waals surface area contributed by atoms with Crippen molar-refractivity contribution in [2.24, 2.45) is 0 Å². The van der Waals surface area contributed by atoms with Crippen molar-refractivity contribution in [2.75, 3.05) is 33.7 Å². The Bertz CT molecular complexity index is 742. The number of esters is 1. The maximum atomic E-state index is 11.6. The number of rotatable bonds is 12. The van der Waals surface area contributed by atoms with Gasteiger partial charge in [0.2, 0.25) is 0 Å². The fraction of sp³-hybridized carbons (Fsp3) is 0.318. The molecule has 0 unspecified atom stereocenters. The lowest BCUT2D eigenvalue weighted by Gasteiger charge is -2.13. The summed E-state index contributed by atoms with van der Waals surface area (Å²) in [5.74, 6) is 0.802. The van der Waals surface area contributed by atoms with Crippen LogP contribution in [0.5, 0.6) is 11.5 Å². The van der Waals surface area contributed by atoms with Crippen LogP contribution in [0.1, 0.15) is 18.1 Å². The first-order valence-electron chi connectivity index (χ1n) is 9.08. The highest BCUT2D eigenvalue weighted by atomic mass is 16.7. The molecule has 6 heteroatoms. The van der Waals surface area contributed by atoms with Crippen molar-refractivity contribution in [3.8, 4) is 11.5 Å². The molecule has 0 heterocycles. The molecule has 2 aromatic carbocycles. The van der Waals surface area contributed by atoms with E-state index in [0.29, 0.717) is 37.9 Å². The van der Waals surface area contributed by atoms with Gasteiger partial charge in [0.25, 0.3) is 0 Å². The van der Waals surface area contributed by atoms with E-state index < -0.39 is 5.97 Å². The molecule has 0 saturated heterocycles. The summed E-state index contributed by atoms with van der Waals surface area (Å²) in [4.78, 5) is 11.6. The monoisotopic (exact) mass is 386 g/mol. The second-order valence-electron chi connectivity index (χ2n) is 5.72. The Morgan fingerprint density at radius 3 is 2.61 bits per heavy atom. The molecule has 0 N–H and O–H groups in total. The minimum Gasteiger partial charge on any atom is -0.488 e. The number of carbonyl (C=O) groups excluding carboxylic acids is 1. The zero-order valence-corrected chi connectivity index (χ0v) is 16.3. The highest BCUT2D eigenvalue weighted by Crippen LogP contribution is 2.27. The molecule has 0 atom stereocenters. The van der Waals surface area contributed by atoms with Crippen molar-refractivity contribution in [1.29, 1.82) is 0 Å². The molecule has 0 aliphatic heterocycles. The second-order valence-corrected chi connectivity index (χ2v) is 5.72. The molecular weight excluding hydrogens is 360 g/mol. The van der Waals surface area contributed by atoms with Gasteiger partial charge in [-0.3, -0.25) is 0 Å². The van der Waals surface area contributed by atoms with E-state index in [2.05, 4.69) is 0 Å². The summed E-state index contributed by atoms with van der Waals surface area (Å²) in [6, 6.07) is 15.2. The Hall–Kier alpha value is -2.83. The molecule has 150 valence electrons. The number of benzene rings is 2. The maximum Gasteiger partial charge on any atom is 0.330 e. The van der Waals surface area contributed by atoms with Gasteiger partial charge in [-0.2, -0.15) is 0 Å². The van der Waals surface area contributed by atoms with E-state index in [1.54, 1.807) is 32.2 Å². The van der Waals surface area contributed by atoms with E-state index in [9.17, 15) is 4.79 Å². The van der Waals surface area contributed by atoms with Crippen LogP contribution in [0.3, 0.4) is 0 Å². The van der Waals surface area contributed by atoms with Gasteiger partial charge in [-0.05, 0) is 30.7 Å². The Morgan fingerprint density at radius 2 is 1.86 bits per heavy atom. The van der Waals surface area contributed by atoms with Gasteiger partial charge in [0.1, 0.15) is 18.1 Å². The van der Waals surface area contributed by atoms with Crippen LogP contribution in [-0.2, 0) is 25.6 Å². The van der Waals surface area contributed by atoms with Crippen LogP contribution in [0.4, 0.5) is 0 Å². The van der Waals surface area contributed by atoms with Crippen LogP contribution in [0, 0.1) is 0 Å². The fourth-order valence-electron chi connectivity index (χ4n) is 2.26. The molecule has 0 aliphatic rings. The summed E-state index contributed by atoms with van der Waals surface area (Å²) in [6.07, 6.45) is 3.04. The molecule has 0 saturated carbocycles. The maximum absolute atomic E-state index is 11.6. The molecule has 28 heavy (non-hydrogen) atoms. The van der Waals surface area contributed by atoms with Gasteiger partial charge < -0.3 is 23.7 Å². The Balaban J connectivity index is 2.07. The average Bonchev–Trinajstić information content (AvgIpc) is 2.72. The summed E-state index contributed by atoms with van der Waals surface area (Å²) in [5.41, 5.74) is 1.79. The van der Waals surface area contributed by atoms with Crippen molar-refractivity contribution in [1.82, 2.24) is 0 Å². The first kappa shape index (κ1) is 21.5. The van der Waals surface area contributed by atoms with Crippen LogP contribution < -0.4 is 9.47 Å². The van der Waals surface area contributed by atoms with Crippen molar-refractivity contribution < 1.29 is 28.5 Å². The standard InChI is InChI=1S/C22H26O6/c1-3-26-22(23)12-10-19-9-11-20(28-17-25-14-13-24-2)15-21(19)27-16-18-7-5-4-6-8-18/h4-12,15H,3,13-14,16-17H2,1-2H3/b12-10+. The highest BCUT2D eigenvalue weighted by molar-refractivity contribution is 5.87. The molecule has 2 rings (SSSR count). The van der Waals surface area contributed by atoms with Gasteiger partial charge in [0.15, 0.2) is 6.79 Å². The second kappa shape index (κ2) is 12.5. The summed E-state index contributed by atoms with van der Waals surface area (Å²) in [6.45, 7) is 3.56. The molecule has 0 aliphatic carbocycles. The lowest BCUT2D eigenvalue weighted by molar-refractivity contribution is -0.137. The van der Waals surface area contributed by atoms with E-state index in [1.165, 1.54) is 6.08 Å². The molecule has 0 bridgehead atoms. The number of hydrogen-bond donors (Lipinski definition) is 0. The van der Waals surface area contributed by atoms with Crippen molar-refractivity contribution >= 4 is 12.0 Å². The van der Waals surface area contributed by atoms with Crippen molar-refractivity contribution in [3.63, 3.8) is 0 Å². The lowest BCUT2D eigenvalue weighted by Crippen LogP contribution is -2.08. The molecule has 6 nitrogen and oxygen atoms in total. The molecule has 0 radical (unpaired) electrons. The van der Waals surface area contributed by atoms with Crippen molar-refractivity contribution in [2.45, 2.75) is 13.5 Å². The van der Waals surface area contributed by atoms with E-state index in [-0.39, 0.29) is 6.79 Å². The smallest absolute Gasteiger partial charge is 0.330 e. The quantitative estimate of drug-likeness (QED) is 0.239. The molecule has 0 amide bonds. The van der Waals surface area contributed by atoms with E-state index in [1.807, 2.05) is 36.4 Å². The first-order chi connectivity index (χ1) is 13.7. The molecule has 0 spiro atoms. The van der Waals surface area contributed by atoms with Crippen LogP contribution in [-0.4, -0.2) is 39.7 Å². The largest absolute Gasteiger partial charge is 0.488 e. The highest BCUT2D eigenvalue weighted by Gasteiger charge is 2.06. The zero-order valence-electron chi connectivity index (χ0n) is 16.3. The minimum atomic E-state index is -0.400. The predicted octanol–water partition coefficient (Wildman–Crippen LogP) is 3.84. The van der Waals surface area contributed by atoms with Crippen LogP contribution in [0.15, 0.2) is 54.6 Å². The van der Waals surface area contributed by atoms with Crippen molar-refractivity contribution in [3.05, 3.63) is 65.7 Å². The average molecular weight is 386 g/mol. The predicted molar refractivity (Wildman–Crippen MR) is 106 cm³/mol. The summed E-state index contributed by atoms with van der Waals surface area (Å²) < 4.78 is 26.7. The van der Waals surface area contributed by atoms with Crippen LogP contribution in [0.25, 0.3) is 6.08 Å². The topological polar surface area (TPSA) is 63.2 Å². The van der Waals surface area contributed by atoms with E-state index >= 15 is 0 Å². The summed E-state index contributed by atoms with van der Waals surface area (Å²) in [7, 11) is 1.61. The SMILES string of the molecule is CCOC(=O)/C=C/c1ccc(OCOCCOC)cc1OCc1ccccc1.